The van der Waals surface area contributed by atoms with Gasteiger partial charge in [0.05, 0.1) is 13.0 Å². The average molecular weight is 327 g/mol. The second-order valence-corrected chi connectivity index (χ2v) is 5.52. The van der Waals surface area contributed by atoms with Crippen LogP contribution in [0.4, 0.5) is 0 Å². The smallest absolute Gasteiger partial charge is 0.312 e. The third-order valence-corrected chi connectivity index (χ3v) is 4.07. The van der Waals surface area contributed by atoms with Crippen molar-refractivity contribution in [2.45, 2.75) is 12.5 Å². The maximum atomic E-state index is 11.7. The number of carboxylic acids is 1. The number of hydrogen-bond donors (Lipinski definition) is 3. The number of carboxylic acid groups (broad SMARTS) is 1. The van der Waals surface area contributed by atoms with Crippen molar-refractivity contribution in [2.75, 3.05) is 7.11 Å². The normalized spacial score (nSPS) is 12.2. The number of hydrogen-bond acceptors (Lipinski definition) is 4. The summed E-state index contributed by atoms with van der Waals surface area (Å²) in [6, 6.07) is 13.6. The van der Waals surface area contributed by atoms with Crippen LogP contribution in [0.2, 0.25) is 0 Å². The van der Waals surface area contributed by atoms with Crippen LogP contribution in [0, 0.1) is 0 Å². The minimum Gasteiger partial charge on any atom is -0.497 e. The number of ether oxygens (including phenoxy) is 1. The molecule has 3 N–H and O–H groups in total. The van der Waals surface area contributed by atoms with Gasteiger partial charge in [0.2, 0.25) is 0 Å². The standard InChI is InChI=1S/C18H17NO5/c1-24-14-5-4-11-8-13(3-2-12(11)9-14)15(18(22)23)10-19-16(20)6-7-17(19)21/h2-9,15,20-21H,10H2,1H3,(H,22,23). The summed E-state index contributed by atoms with van der Waals surface area (Å²) < 4.78 is 6.35. The van der Waals surface area contributed by atoms with E-state index < -0.39 is 11.9 Å². The van der Waals surface area contributed by atoms with Crippen molar-refractivity contribution in [2.24, 2.45) is 0 Å². The number of fused-ring (bicyclic) bond motifs is 1. The molecule has 0 bridgehead atoms. The molecule has 1 unspecified atom stereocenters. The van der Waals surface area contributed by atoms with E-state index in [1.165, 1.54) is 12.1 Å². The van der Waals surface area contributed by atoms with Gasteiger partial charge >= 0.3 is 5.97 Å². The summed E-state index contributed by atoms with van der Waals surface area (Å²) in [5.74, 6) is -1.56. The Hall–Kier alpha value is -3.15. The first kappa shape index (κ1) is 15.7. The number of nitrogens with zero attached hydrogens (tertiary/aromatic N) is 1. The lowest BCUT2D eigenvalue weighted by atomic mass is 9.96. The topological polar surface area (TPSA) is 91.9 Å². The number of aromatic nitrogens is 1. The van der Waals surface area contributed by atoms with Gasteiger partial charge in [0.25, 0.3) is 0 Å². The summed E-state index contributed by atoms with van der Waals surface area (Å²) in [6.07, 6.45) is 0. The molecule has 0 aliphatic heterocycles. The van der Waals surface area contributed by atoms with Gasteiger partial charge in [-0.2, -0.15) is 0 Å². The van der Waals surface area contributed by atoms with Crippen LogP contribution in [-0.2, 0) is 11.3 Å². The van der Waals surface area contributed by atoms with E-state index in [2.05, 4.69) is 0 Å². The minimum absolute atomic E-state index is 0.0678. The molecule has 0 aliphatic carbocycles. The molecule has 1 aromatic heterocycles. The molecule has 0 saturated heterocycles. The van der Waals surface area contributed by atoms with Crippen LogP contribution in [0.3, 0.4) is 0 Å². The van der Waals surface area contributed by atoms with E-state index in [0.717, 1.165) is 21.1 Å². The largest absolute Gasteiger partial charge is 0.497 e. The molecule has 2 aromatic carbocycles. The summed E-state index contributed by atoms with van der Waals surface area (Å²) in [5.41, 5.74) is 0.590. The Labute approximate surface area is 138 Å². The van der Waals surface area contributed by atoms with Crippen LogP contribution in [0.15, 0.2) is 48.5 Å². The van der Waals surface area contributed by atoms with Crippen molar-refractivity contribution in [3.63, 3.8) is 0 Å². The van der Waals surface area contributed by atoms with Gasteiger partial charge in [0.1, 0.15) is 5.75 Å². The first-order chi connectivity index (χ1) is 11.5. The summed E-state index contributed by atoms with van der Waals surface area (Å²) in [4.78, 5) is 11.7. The molecule has 1 atom stereocenters. The van der Waals surface area contributed by atoms with E-state index in [1.54, 1.807) is 19.2 Å². The summed E-state index contributed by atoms with van der Waals surface area (Å²) >= 11 is 0. The van der Waals surface area contributed by atoms with Gasteiger partial charge in [0.15, 0.2) is 11.8 Å². The van der Waals surface area contributed by atoms with E-state index in [1.807, 2.05) is 24.3 Å². The molecule has 6 heteroatoms. The monoisotopic (exact) mass is 327 g/mol. The van der Waals surface area contributed by atoms with E-state index >= 15 is 0 Å². The van der Waals surface area contributed by atoms with E-state index in [9.17, 15) is 20.1 Å². The molecule has 24 heavy (non-hydrogen) atoms. The van der Waals surface area contributed by atoms with Gasteiger partial charge in [-0.25, -0.2) is 0 Å². The Morgan fingerprint density at radius 2 is 1.67 bits per heavy atom. The lowest BCUT2D eigenvalue weighted by molar-refractivity contribution is -0.139. The van der Waals surface area contributed by atoms with Gasteiger partial charge in [-0.1, -0.05) is 24.3 Å². The van der Waals surface area contributed by atoms with Gasteiger partial charge in [-0.15, -0.1) is 0 Å². The zero-order valence-corrected chi connectivity index (χ0v) is 13.0. The van der Waals surface area contributed by atoms with Crippen molar-refractivity contribution >= 4 is 16.7 Å². The highest BCUT2D eigenvalue weighted by atomic mass is 16.5. The number of rotatable bonds is 5. The third kappa shape index (κ3) is 2.86. The van der Waals surface area contributed by atoms with Gasteiger partial charge < -0.3 is 20.1 Å². The number of methoxy groups -OCH3 is 1. The molecule has 0 fully saturated rings. The Morgan fingerprint density at radius 1 is 1.04 bits per heavy atom. The number of carbonyl (C=O) groups is 1. The fraction of sp³-hybridized carbons (Fsp3) is 0.167. The highest BCUT2D eigenvalue weighted by molar-refractivity contribution is 5.86. The van der Waals surface area contributed by atoms with Crippen LogP contribution in [0.5, 0.6) is 17.5 Å². The van der Waals surface area contributed by atoms with Gasteiger partial charge in [0, 0.05) is 18.7 Å². The first-order valence-electron chi connectivity index (χ1n) is 7.37. The maximum absolute atomic E-state index is 11.7. The molecule has 3 aromatic rings. The van der Waals surface area contributed by atoms with Crippen molar-refractivity contribution in [3.8, 4) is 17.5 Å². The minimum atomic E-state index is -1.03. The van der Waals surface area contributed by atoms with Crippen LogP contribution < -0.4 is 4.74 Å². The molecule has 0 aliphatic rings. The van der Waals surface area contributed by atoms with Crippen molar-refractivity contribution in [3.05, 3.63) is 54.1 Å². The van der Waals surface area contributed by atoms with E-state index in [0.29, 0.717) is 5.56 Å². The fourth-order valence-corrected chi connectivity index (χ4v) is 2.73. The summed E-state index contributed by atoms with van der Waals surface area (Å²) in [7, 11) is 1.59. The Balaban J connectivity index is 1.99. The Morgan fingerprint density at radius 3 is 2.29 bits per heavy atom. The lowest BCUT2D eigenvalue weighted by Gasteiger charge is -2.16. The van der Waals surface area contributed by atoms with Crippen molar-refractivity contribution in [1.82, 2.24) is 4.57 Å². The van der Waals surface area contributed by atoms with Gasteiger partial charge in [-0.05, 0) is 28.5 Å². The molecule has 0 spiro atoms. The second kappa shape index (κ2) is 6.16. The van der Waals surface area contributed by atoms with Crippen LogP contribution in [0.25, 0.3) is 10.8 Å². The molecule has 0 radical (unpaired) electrons. The van der Waals surface area contributed by atoms with E-state index in [-0.39, 0.29) is 18.3 Å². The number of aromatic hydroxyl groups is 2. The summed E-state index contributed by atoms with van der Waals surface area (Å²) in [6.45, 7) is -0.0678. The first-order valence-corrected chi connectivity index (χ1v) is 7.37. The highest BCUT2D eigenvalue weighted by Crippen LogP contribution is 2.29. The van der Waals surface area contributed by atoms with Crippen LogP contribution in [0.1, 0.15) is 11.5 Å². The second-order valence-electron chi connectivity index (χ2n) is 5.52. The van der Waals surface area contributed by atoms with Crippen molar-refractivity contribution in [1.29, 1.82) is 0 Å². The molecule has 1 heterocycles. The molecular weight excluding hydrogens is 310 g/mol. The lowest BCUT2D eigenvalue weighted by Crippen LogP contribution is -2.17. The fourth-order valence-electron chi connectivity index (χ4n) is 2.73. The van der Waals surface area contributed by atoms with E-state index in [4.69, 9.17) is 4.74 Å². The Bertz CT molecular complexity index is 880. The SMILES string of the molecule is COc1ccc2cc(C(Cn3c(O)ccc3O)C(=O)O)ccc2c1. The molecule has 6 nitrogen and oxygen atoms in total. The summed E-state index contributed by atoms with van der Waals surface area (Å²) in [5, 5.41) is 30.9. The highest BCUT2D eigenvalue weighted by Gasteiger charge is 2.23. The van der Waals surface area contributed by atoms with Gasteiger partial charge in [-0.3, -0.25) is 9.36 Å². The third-order valence-electron chi connectivity index (χ3n) is 4.07. The van der Waals surface area contributed by atoms with Crippen molar-refractivity contribution < 1.29 is 24.9 Å². The average Bonchev–Trinajstić information content (AvgIpc) is 2.89. The molecule has 3 rings (SSSR count). The maximum Gasteiger partial charge on any atom is 0.312 e. The predicted octanol–water partition coefficient (Wildman–Crippen LogP) is 2.93. The molecule has 0 saturated carbocycles. The predicted molar refractivity (Wildman–Crippen MR) is 88.6 cm³/mol. The van der Waals surface area contributed by atoms with Crippen LogP contribution in [-0.4, -0.2) is 33.0 Å². The zero-order chi connectivity index (χ0) is 17.3. The number of aliphatic carboxylic acids is 1. The number of benzene rings is 2. The molecule has 0 amide bonds. The van der Waals surface area contributed by atoms with Crippen LogP contribution >= 0.6 is 0 Å². The zero-order valence-electron chi connectivity index (χ0n) is 13.0. The Kier molecular flexibility index (Phi) is 4.04. The molecule has 124 valence electrons. The quantitative estimate of drug-likeness (QED) is 0.670. The molecular formula is C18H17NO5.